The van der Waals surface area contributed by atoms with E-state index >= 15 is 0 Å². The fraction of sp³-hybridized carbons (Fsp3) is 1.00. The molecule has 0 rings (SSSR count). The van der Waals surface area contributed by atoms with Gasteiger partial charge in [0.25, 0.3) is 0 Å². The first kappa shape index (κ1) is 29.4. The van der Waals surface area contributed by atoms with Crippen molar-refractivity contribution in [2.75, 3.05) is 0 Å². The average Bonchev–Trinajstić information content (AvgIpc) is 1.89. The maximum Gasteiger partial charge on any atom is 0.212 e. The van der Waals surface area contributed by atoms with Crippen LogP contribution in [0.2, 0.25) is 10.6 Å². The SMILES string of the molecule is CC(C)[CH2][AlH2].CC[CH2][AlH2].Cl.I.I. The highest BCUT2D eigenvalue weighted by atomic mass is 127. The van der Waals surface area contributed by atoms with Gasteiger partial charge in [0.2, 0.25) is 32.6 Å². The van der Waals surface area contributed by atoms with Crippen LogP contribution >= 0.6 is 60.4 Å². The van der Waals surface area contributed by atoms with E-state index in [9.17, 15) is 0 Å². The van der Waals surface area contributed by atoms with Crippen molar-refractivity contribution in [3.8, 4) is 0 Å². The van der Waals surface area contributed by atoms with E-state index in [-0.39, 0.29) is 60.4 Å². The van der Waals surface area contributed by atoms with E-state index in [2.05, 4.69) is 20.8 Å². The lowest BCUT2D eigenvalue weighted by atomic mass is 10.3. The fourth-order valence-corrected chi connectivity index (χ4v) is 0. The summed E-state index contributed by atoms with van der Waals surface area (Å²) in [5.74, 6) is 0.946. The fourth-order valence-electron chi connectivity index (χ4n) is 0. The van der Waals surface area contributed by atoms with Crippen molar-refractivity contribution in [1.29, 1.82) is 0 Å². The number of hydrogen-bond donors (Lipinski definition) is 0. The minimum absolute atomic E-state index is 0. The first-order valence-electron chi connectivity index (χ1n) is 4.18. The third kappa shape index (κ3) is 52.9. The lowest BCUT2D eigenvalue weighted by Crippen LogP contribution is -1.80. The second-order valence-electron chi connectivity index (χ2n) is 2.80. The van der Waals surface area contributed by atoms with Crippen molar-refractivity contribution < 1.29 is 0 Å². The average molecular weight is 450 g/mol. The Morgan fingerprint density at radius 3 is 1.25 bits per heavy atom. The molecule has 0 unspecified atom stereocenters. The molecule has 0 aromatic heterocycles. The number of rotatable bonds is 2. The second-order valence-corrected chi connectivity index (χ2v) is 4.62. The first-order valence-corrected chi connectivity index (χ1v) is 7.01. The zero-order chi connectivity index (χ0) is 7.70. The van der Waals surface area contributed by atoms with Crippen LogP contribution in [0.15, 0.2) is 0 Å². The highest BCUT2D eigenvalue weighted by Gasteiger charge is 1.80. The molecule has 0 amide bonds. The summed E-state index contributed by atoms with van der Waals surface area (Å²) in [4.78, 5) is 0. The van der Waals surface area contributed by atoms with Gasteiger partial charge in [0, 0.05) is 0 Å². The number of hydrogen-bond acceptors (Lipinski definition) is 0. The molecule has 0 nitrogen and oxygen atoms in total. The maximum absolute atomic E-state index is 2.26. The molecule has 0 atom stereocenters. The summed E-state index contributed by atoms with van der Waals surface area (Å²) >= 11 is 2.76. The van der Waals surface area contributed by atoms with Gasteiger partial charge in [-0.2, -0.15) is 0 Å². The second kappa shape index (κ2) is 29.2. The minimum Gasteiger partial charge on any atom is -0.147 e. The quantitative estimate of drug-likeness (QED) is 0.449. The van der Waals surface area contributed by atoms with Crippen LogP contribution in [0.25, 0.3) is 0 Å². The molecule has 0 aromatic carbocycles. The molecule has 0 radical (unpaired) electrons. The summed E-state index contributed by atoms with van der Waals surface area (Å²) in [5.41, 5.74) is 0. The van der Waals surface area contributed by atoms with Crippen molar-refractivity contribution >= 4 is 92.9 Å². The van der Waals surface area contributed by atoms with Gasteiger partial charge in [0.15, 0.2) is 0 Å². The van der Waals surface area contributed by atoms with E-state index in [1.165, 1.54) is 49.6 Å². The van der Waals surface area contributed by atoms with Crippen LogP contribution in [0, 0.1) is 5.92 Å². The molecule has 0 heterocycles. The Balaban J connectivity index is -0.0000000221. The van der Waals surface area contributed by atoms with E-state index in [4.69, 9.17) is 0 Å². The molecule has 0 N–H and O–H groups in total. The number of halogens is 3. The molecule has 0 aliphatic rings. The molecular formula is C7H23Al2ClI2. The highest BCUT2D eigenvalue weighted by Crippen LogP contribution is 1.92. The summed E-state index contributed by atoms with van der Waals surface area (Å²) in [5, 5.41) is 2.90. The summed E-state index contributed by atoms with van der Waals surface area (Å²) < 4.78 is 0. The molecule has 5 heteroatoms. The zero-order valence-corrected chi connectivity index (χ0v) is 18.4. The van der Waals surface area contributed by atoms with Crippen molar-refractivity contribution in [3.63, 3.8) is 0 Å². The van der Waals surface area contributed by atoms with Gasteiger partial charge in [-0.3, -0.25) is 0 Å². The van der Waals surface area contributed by atoms with Gasteiger partial charge >= 0.3 is 0 Å². The van der Waals surface area contributed by atoms with Crippen LogP contribution in [0.4, 0.5) is 0 Å². The van der Waals surface area contributed by atoms with Crippen molar-refractivity contribution in [2.24, 2.45) is 5.92 Å². The van der Waals surface area contributed by atoms with Crippen molar-refractivity contribution in [2.45, 2.75) is 37.8 Å². The van der Waals surface area contributed by atoms with Crippen LogP contribution in [0.1, 0.15) is 27.2 Å². The summed E-state index contributed by atoms with van der Waals surface area (Å²) in [6.45, 7) is 6.73. The summed E-state index contributed by atoms with van der Waals surface area (Å²) in [6, 6.07) is 0. The molecule has 0 saturated heterocycles. The van der Waals surface area contributed by atoms with Gasteiger partial charge in [-0.25, -0.2) is 0 Å². The molecule has 78 valence electrons. The molecule has 0 aromatic rings. The Bertz CT molecular complexity index is 46.4. The molecule has 0 aliphatic carbocycles. The van der Waals surface area contributed by atoms with E-state index in [1.54, 1.807) is 0 Å². The lowest BCUT2D eigenvalue weighted by Gasteiger charge is -1.90. The lowest BCUT2D eigenvalue weighted by molar-refractivity contribution is 0.735. The Kier molecular flexibility index (Phi) is 71.4. The van der Waals surface area contributed by atoms with Gasteiger partial charge in [0.1, 0.15) is 0 Å². The van der Waals surface area contributed by atoms with Crippen LogP contribution in [0.3, 0.4) is 0 Å². The van der Waals surface area contributed by atoms with E-state index in [0.29, 0.717) is 0 Å². The largest absolute Gasteiger partial charge is 0.212 e. The topological polar surface area (TPSA) is 0 Å². The van der Waals surface area contributed by atoms with E-state index in [0.717, 1.165) is 5.92 Å². The van der Waals surface area contributed by atoms with Gasteiger partial charge < -0.3 is 0 Å². The third-order valence-electron chi connectivity index (χ3n) is 1.32. The summed E-state index contributed by atoms with van der Waals surface area (Å²) in [7, 11) is 0. The van der Waals surface area contributed by atoms with Crippen LogP contribution in [-0.2, 0) is 0 Å². The Hall–Kier alpha value is 2.81. The third-order valence-corrected chi connectivity index (χ3v) is 3.95. The Morgan fingerprint density at radius 2 is 1.25 bits per heavy atom. The van der Waals surface area contributed by atoms with Crippen molar-refractivity contribution in [3.05, 3.63) is 0 Å². The predicted octanol–water partition coefficient (Wildman–Crippen LogP) is 2.80. The molecule has 0 aliphatic heterocycles. The van der Waals surface area contributed by atoms with Gasteiger partial charge in [-0.05, 0) is 0 Å². The van der Waals surface area contributed by atoms with E-state index in [1.807, 2.05) is 0 Å². The van der Waals surface area contributed by atoms with Gasteiger partial charge in [-0.1, -0.05) is 38.4 Å². The predicted molar refractivity (Wildman–Crippen MR) is 89.9 cm³/mol. The normalized spacial score (nSPS) is 6.33. The molecule has 0 saturated carbocycles. The van der Waals surface area contributed by atoms with Crippen molar-refractivity contribution in [1.82, 2.24) is 0 Å². The van der Waals surface area contributed by atoms with Gasteiger partial charge in [0.05, 0.1) is 0 Å². The molecule has 12 heavy (non-hydrogen) atoms. The molecule has 0 spiro atoms. The monoisotopic (exact) mass is 450 g/mol. The summed E-state index contributed by atoms with van der Waals surface area (Å²) in [6.07, 6.45) is 1.38. The van der Waals surface area contributed by atoms with Crippen LogP contribution in [-0.4, -0.2) is 32.6 Å². The van der Waals surface area contributed by atoms with Crippen LogP contribution in [0.5, 0.6) is 0 Å². The van der Waals surface area contributed by atoms with Crippen LogP contribution < -0.4 is 0 Å². The van der Waals surface area contributed by atoms with Gasteiger partial charge in [-0.15, -0.1) is 65.6 Å². The minimum atomic E-state index is 0. The zero-order valence-electron chi connectivity index (χ0n) is 8.92. The standard InChI is InChI=1S/C4H9.C3H7.2Al.ClH.2HI.4H/c1-4(2)3;1-3-2;;;;;;;;;/h4H,1H2,2-3H3;1,3H2,2H3;;;3*1H;;;;. The molecule has 0 fully saturated rings. The maximum atomic E-state index is 2.26. The highest BCUT2D eigenvalue weighted by molar-refractivity contribution is 14.0. The van der Waals surface area contributed by atoms with E-state index < -0.39 is 0 Å². The Morgan fingerprint density at radius 1 is 1.08 bits per heavy atom. The molecular weight excluding hydrogens is 427 g/mol. The first-order chi connectivity index (χ1) is 4.18. The smallest absolute Gasteiger partial charge is 0.147 e. The Labute approximate surface area is 135 Å². The molecule has 0 bridgehead atoms.